The van der Waals surface area contributed by atoms with Gasteiger partial charge >= 0.3 is 5.97 Å². The van der Waals surface area contributed by atoms with Crippen LogP contribution in [0.2, 0.25) is 10.0 Å². The largest absolute Gasteiger partial charge is 0.454 e. The van der Waals surface area contributed by atoms with Crippen LogP contribution in [-0.4, -0.2) is 24.3 Å². The Labute approximate surface area is 153 Å². The summed E-state index contributed by atoms with van der Waals surface area (Å²) < 4.78 is 5.04. The fraction of sp³-hybridized carbons (Fsp3) is 0.167. The zero-order chi connectivity index (χ0) is 18.0. The molecule has 0 aromatic heterocycles. The first-order chi connectivity index (χ1) is 11.9. The highest BCUT2D eigenvalue weighted by Gasteiger charge is 2.18. The summed E-state index contributed by atoms with van der Waals surface area (Å²) in [5.74, 6) is -1.02. The minimum atomic E-state index is -0.655. The van der Waals surface area contributed by atoms with Gasteiger partial charge in [-0.2, -0.15) is 0 Å². The summed E-state index contributed by atoms with van der Waals surface area (Å²) in [6.45, 7) is -0.385. The summed E-state index contributed by atoms with van der Waals surface area (Å²) in [5, 5.41) is 3.31. The molecule has 5 nitrogen and oxygen atoms in total. The van der Waals surface area contributed by atoms with E-state index in [4.69, 9.17) is 27.9 Å². The fourth-order valence-electron chi connectivity index (χ4n) is 2.48. The molecule has 0 radical (unpaired) electrons. The maximum atomic E-state index is 12.2. The molecule has 0 atom stereocenters. The van der Waals surface area contributed by atoms with Gasteiger partial charge in [-0.1, -0.05) is 23.2 Å². The summed E-state index contributed by atoms with van der Waals surface area (Å²) in [7, 11) is 0. The van der Waals surface area contributed by atoms with Crippen molar-refractivity contribution < 1.29 is 19.1 Å². The van der Waals surface area contributed by atoms with Gasteiger partial charge in [0, 0.05) is 17.7 Å². The summed E-state index contributed by atoms with van der Waals surface area (Å²) >= 11 is 11.7. The van der Waals surface area contributed by atoms with Crippen molar-refractivity contribution in [3.8, 4) is 0 Å². The van der Waals surface area contributed by atoms with Gasteiger partial charge in [0.25, 0.3) is 0 Å². The predicted molar refractivity (Wildman–Crippen MR) is 94.5 cm³/mol. The molecule has 0 spiro atoms. The summed E-state index contributed by atoms with van der Waals surface area (Å²) in [5.41, 5.74) is 2.24. The molecular formula is C18H13Cl2NO4. The Morgan fingerprint density at radius 2 is 1.76 bits per heavy atom. The van der Waals surface area contributed by atoms with Gasteiger partial charge in [-0.15, -0.1) is 0 Å². The number of aryl methyl sites for hydroxylation is 1. The van der Waals surface area contributed by atoms with Crippen LogP contribution in [-0.2, 0) is 16.0 Å². The number of rotatable bonds is 4. The van der Waals surface area contributed by atoms with Crippen molar-refractivity contribution in [2.45, 2.75) is 12.8 Å². The molecule has 3 rings (SSSR count). The average Bonchev–Trinajstić information content (AvgIpc) is 2.61. The summed E-state index contributed by atoms with van der Waals surface area (Å²) in [4.78, 5) is 35.6. The van der Waals surface area contributed by atoms with Gasteiger partial charge in [0.1, 0.15) is 0 Å². The maximum absolute atomic E-state index is 12.2. The Hall–Kier alpha value is -2.37. The first kappa shape index (κ1) is 17.5. The van der Waals surface area contributed by atoms with Crippen LogP contribution in [0.5, 0.6) is 0 Å². The molecular weight excluding hydrogens is 365 g/mol. The predicted octanol–water partition coefficient (Wildman–Crippen LogP) is 3.92. The fourth-order valence-corrected chi connectivity index (χ4v) is 2.78. The van der Waals surface area contributed by atoms with Crippen molar-refractivity contribution in [1.29, 1.82) is 0 Å². The lowest BCUT2D eigenvalue weighted by Crippen LogP contribution is -2.20. The van der Waals surface area contributed by atoms with Gasteiger partial charge in [0.15, 0.2) is 12.4 Å². The number of esters is 1. The number of anilines is 1. The minimum absolute atomic E-state index is 0.0397. The number of Topliss-reactive ketones (excluding diaryl/α,β-unsaturated/α-hetero) is 1. The highest BCUT2D eigenvalue weighted by atomic mass is 35.5. The molecule has 1 N–H and O–H groups in total. The van der Waals surface area contributed by atoms with E-state index in [0.717, 1.165) is 5.56 Å². The van der Waals surface area contributed by atoms with Crippen LogP contribution in [0.4, 0.5) is 5.69 Å². The number of ketones is 1. The van der Waals surface area contributed by atoms with Crippen molar-refractivity contribution >= 4 is 46.5 Å². The quantitative estimate of drug-likeness (QED) is 0.647. The zero-order valence-electron chi connectivity index (χ0n) is 13.0. The Bertz CT molecular complexity index is 879. The molecule has 128 valence electrons. The molecule has 1 aliphatic heterocycles. The van der Waals surface area contributed by atoms with Crippen molar-refractivity contribution in [1.82, 2.24) is 0 Å². The Balaban J connectivity index is 1.65. The molecule has 7 heteroatoms. The van der Waals surface area contributed by atoms with E-state index in [0.29, 0.717) is 29.1 Å². The molecule has 1 amide bonds. The van der Waals surface area contributed by atoms with Crippen LogP contribution < -0.4 is 5.32 Å². The second-order valence-corrected chi connectivity index (χ2v) is 6.36. The van der Waals surface area contributed by atoms with Crippen molar-refractivity contribution in [3.63, 3.8) is 0 Å². The van der Waals surface area contributed by atoms with Crippen LogP contribution in [0, 0.1) is 0 Å². The van der Waals surface area contributed by atoms with Gasteiger partial charge in [0.05, 0.1) is 15.6 Å². The highest BCUT2D eigenvalue weighted by molar-refractivity contribution is 6.42. The first-order valence-electron chi connectivity index (χ1n) is 7.52. The topological polar surface area (TPSA) is 72.5 Å². The molecule has 2 aromatic carbocycles. The van der Waals surface area contributed by atoms with Crippen LogP contribution in [0.15, 0.2) is 36.4 Å². The number of nitrogens with one attached hydrogen (secondary N) is 1. The number of hydrogen-bond acceptors (Lipinski definition) is 4. The van der Waals surface area contributed by atoms with Gasteiger partial charge in [-0.05, 0) is 48.4 Å². The minimum Gasteiger partial charge on any atom is -0.454 e. The number of hydrogen-bond donors (Lipinski definition) is 1. The number of fused-ring (bicyclic) bond motifs is 1. The lowest BCUT2D eigenvalue weighted by Gasteiger charge is -2.17. The number of carbonyl (C=O) groups excluding carboxylic acids is 3. The van der Waals surface area contributed by atoms with E-state index in [9.17, 15) is 14.4 Å². The Morgan fingerprint density at radius 3 is 2.52 bits per heavy atom. The third kappa shape index (κ3) is 4.00. The zero-order valence-corrected chi connectivity index (χ0v) is 14.5. The van der Waals surface area contributed by atoms with Crippen LogP contribution in [0.3, 0.4) is 0 Å². The summed E-state index contributed by atoms with van der Waals surface area (Å²) in [6.07, 6.45) is 0.961. The Morgan fingerprint density at radius 1 is 1.00 bits per heavy atom. The number of amides is 1. The summed E-state index contributed by atoms with van der Waals surface area (Å²) in [6, 6.07) is 9.34. The molecule has 0 unspecified atom stereocenters. The third-order valence-corrected chi connectivity index (χ3v) is 4.55. The number of carbonyl (C=O) groups is 3. The molecule has 2 aromatic rings. The molecule has 0 saturated heterocycles. The van der Waals surface area contributed by atoms with Gasteiger partial charge in [-0.25, -0.2) is 4.79 Å². The SMILES string of the molecule is O=C1CCc2cc(C(=O)COC(=O)c3ccc(Cl)c(Cl)c3)ccc2N1. The number of ether oxygens (including phenoxy) is 1. The second-order valence-electron chi connectivity index (χ2n) is 5.55. The number of benzene rings is 2. The van der Waals surface area contributed by atoms with Crippen LogP contribution >= 0.6 is 23.2 Å². The molecule has 25 heavy (non-hydrogen) atoms. The highest BCUT2D eigenvalue weighted by Crippen LogP contribution is 2.24. The van der Waals surface area contributed by atoms with Gasteiger partial charge in [0.2, 0.25) is 5.91 Å². The molecule has 0 bridgehead atoms. The normalized spacial score (nSPS) is 13.0. The van der Waals surface area contributed by atoms with Crippen molar-refractivity contribution in [3.05, 3.63) is 63.1 Å². The van der Waals surface area contributed by atoms with E-state index in [1.54, 1.807) is 18.2 Å². The van der Waals surface area contributed by atoms with E-state index in [-0.39, 0.29) is 28.9 Å². The maximum Gasteiger partial charge on any atom is 0.338 e. The molecule has 0 saturated carbocycles. The molecule has 1 heterocycles. The second kappa shape index (κ2) is 7.25. The third-order valence-electron chi connectivity index (χ3n) is 3.81. The van der Waals surface area contributed by atoms with Crippen molar-refractivity contribution in [2.75, 3.05) is 11.9 Å². The monoisotopic (exact) mass is 377 g/mol. The van der Waals surface area contributed by atoms with Crippen LogP contribution in [0.25, 0.3) is 0 Å². The Kier molecular flexibility index (Phi) is 5.06. The first-order valence-corrected chi connectivity index (χ1v) is 8.28. The molecule has 1 aliphatic rings. The lowest BCUT2D eigenvalue weighted by molar-refractivity contribution is -0.116. The number of halogens is 2. The van der Waals surface area contributed by atoms with E-state index in [1.807, 2.05) is 0 Å². The average molecular weight is 378 g/mol. The van der Waals surface area contributed by atoms with Gasteiger partial charge in [-0.3, -0.25) is 9.59 Å². The molecule has 0 fully saturated rings. The van der Waals surface area contributed by atoms with E-state index in [1.165, 1.54) is 18.2 Å². The van der Waals surface area contributed by atoms with E-state index >= 15 is 0 Å². The van der Waals surface area contributed by atoms with E-state index < -0.39 is 5.97 Å². The smallest absolute Gasteiger partial charge is 0.338 e. The van der Waals surface area contributed by atoms with Crippen molar-refractivity contribution in [2.24, 2.45) is 0 Å². The van der Waals surface area contributed by atoms with Gasteiger partial charge < -0.3 is 10.1 Å². The lowest BCUT2D eigenvalue weighted by atomic mass is 9.99. The standard InChI is InChI=1S/C18H13Cl2NO4/c19-13-4-1-12(8-14(13)20)18(24)25-9-16(22)11-2-5-15-10(7-11)3-6-17(23)21-15/h1-2,4-5,7-8H,3,6,9H2,(H,21,23). The molecule has 0 aliphatic carbocycles. The van der Waals surface area contributed by atoms with Crippen LogP contribution in [0.1, 0.15) is 32.7 Å². The van der Waals surface area contributed by atoms with E-state index in [2.05, 4.69) is 5.32 Å².